The number of benzene rings is 2. The second-order valence-electron chi connectivity index (χ2n) is 9.29. The summed E-state index contributed by atoms with van der Waals surface area (Å²) in [5.74, 6) is 0.145. The summed E-state index contributed by atoms with van der Waals surface area (Å²) in [7, 11) is 0. The lowest BCUT2D eigenvalue weighted by Gasteiger charge is -2.25. The molecule has 4 aromatic rings. The summed E-state index contributed by atoms with van der Waals surface area (Å²) in [5, 5.41) is 11.5. The third kappa shape index (κ3) is 5.17. The molecule has 2 aromatic carbocycles. The van der Waals surface area contributed by atoms with Gasteiger partial charge < -0.3 is 9.15 Å². The van der Waals surface area contributed by atoms with Gasteiger partial charge in [0.25, 0.3) is 11.2 Å². The van der Waals surface area contributed by atoms with Gasteiger partial charge in [0.05, 0.1) is 38.4 Å². The zero-order valence-corrected chi connectivity index (χ0v) is 23.7. The molecule has 40 heavy (non-hydrogen) atoms. The van der Waals surface area contributed by atoms with Crippen molar-refractivity contribution in [2.24, 2.45) is 4.99 Å². The predicted molar refractivity (Wildman–Crippen MR) is 154 cm³/mol. The molecule has 0 radical (unpaired) electrons. The quantitative estimate of drug-likeness (QED) is 0.131. The number of aromatic nitrogens is 1. The second kappa shape index (κ2) is 11.1. The molecule has 1 aliphatic heterocycles. The van der Waals surface area contributed by atoms with Gasteiger partial charge in [0.2, 0.25) is 0 Å². The van der Waals surface area contributed by atoms with Gasteiger partial charge in [0, 0.05) is 17.0 Å². The largest absolute Gasteiger partial charge is 0.459 e. The van der Waals surface area contributed by atoms with Gasteiger partial charge >= 0.3 is 5.97 Å². The minimum atomic E-state index is -0.723. The number of thiazole rings is 1. The van der Waals surface area contributed by atoms with Crippen LogP contribution >= 0.6 is 23.1 Å². The van der Waals surface area contributed by atoms with E-state index in [1.807, 2.05) is 30.5 Å². The van der Waals surface area contributed by atoms with Crippen molar-refractivity contribution in [1.82, 2.24) is 4.57 Å². The molecule has 0 unspecified atom stereocenters. The molecular weight excluding hydrogens is 550 g/mol. The van der Waals surface area contributed by atoms with Crippen LogP contribution in [0.5, 0.6) is 0 Å². The molecule has 5 rings (SSSR count). The van der Waals surface area contributed by atoms with Crippen LogP contribution in [0.15, 0.2) is 91.0 Å². The number of nitrogens with zero attached hydrogens (tertiary/aromatic N) is 3. The summed E-state index contributed by atoms with van der Waals surface area (Å²) in [6, 6.07) is 16.6. The van der Waals surface area contributed by atoms with Gasteiger partial charge in [-0.15, -0.1) is 11.8 Å². The van der Waals surface area contributed by atoms with Crippen molar-refractivity contribution in [3.63, 3.8) is 0 Å². The molecule has 0 amide bonds. The van der Waals surface area contributed by atoms with Crippen molar-refractivity contribution in [3.05, 3.63) is 113 Å². The fourth-order valence-corrected chi connectivity index (χ4v) is 5.94. The standard InChI is InChI=1S/C29H25N3O6S2/c1-16(2)37-28(34)25-17(3)30-29-31(26(25)18-9-12-20(39-4)13-10-18)27(33)24(40-29)15-19-11-14-23(38-19)21-7-5-6-8-22(21)32(35)36/h5-16,26H,1-4H3/b24-15-/t26-/m1/s1. The Morgan fingerprint density at radius 3 is 2.58 bits per heavy atom. The molecule has 0 aliphatic carbocycles. The van der Waals surface area contributed by atoms with E-state index >= 15 is 0 Å². The molecule has 0 saturated carbocycles. The summed E-state index contributed by atoms with van der Waals surface area (Å²) in [5.41, 5.74) is 1.47. The summed E-state index contributed by atoms with van der Waals surface area (Å²) < 4.78 is 13.3. The number of furan rings is 1. The summed E-state index contributed by atoms with van der Waals surface area (Å²) >= 11 is 2.77. The number of rotatable bonds is 7. The SMILES string of the molecule is CSc1ccc([C@@H]2C(C(=O)OC(C)C)=C(C)N=c3s/c(=C\c4ccc(-c5ccccc5[N+](=O)[O-])o4)c(=O)n32)cc1. The highest BCUT2D eigenvalue weighted by Crippen LogP contribution is 2.33. The van der Waals surface area contributed by atoms with Crippen LogP contribution in [0.1, 0.15) is 38.1 Å². The minimum Gasteiger partial charge on any atom is -0.459 e. The molecule has 9 nitrogen and oxygen atoms in total. The third-order valence-corrected chi connectivity index (χ3v) is 8.01. The number of hydrogen-bond acceptors (Lipinski definition) is 9. The van der Waals surface area contributed by atoms with E-state index < -0.39 is 16.9 Å². The number of nitro benzene ring substituents is 1. The molecule has 0 bridgehead atoms. The molecule has 3 heterocycles. The molecular formula is C29H25N3O6S2. The third-order valence-electron chi connectivity index (χ3n) is 6.28. The van der Waals surface area contributed by atoms with E-state index in [0.717, 1.165) is 10.5 Å². The number of esters is 1. The van der Waals surface area contributed by atoms with Crippen molar-refractivity contribution < 1.29 is 18.9 Å². The van der Waals surface area contributed by atoms with Gasteiger partial charge in [0.1, 0.15) is 11.5 Å². The monoisotopic (exact) mass is 575 g/mol. The number of fused-ring (bicyclic) bond motifs is 1. The lowest BCUT2D eigenvalue weighted by molar-refractivity contribution is -0.384. The van der Waals surface area contributed by atoms with Crippen LogP contribution in [0, 0.1) is 10.1 Å². The fraction of sp³-hybridized carbons (Fsp3) is 0.207. The van der Waals surface area contributed by atoms with Crippen LogP contribution in [0.4, 0.5) is 5.69 Å². The van der Waals surface area contributed by atoms with Gasteiger partial charge in [-0.25, -0.2) is 9.79 Å². The number of nitro groups is 1. The zero-order valence-electron chi connectivity index (χ0n) is 22.1. The number of thioether (sulfide) groups is 1. The van der Waals surface area contributed by atoms with Crippen LogP contribution in [0.25, 0.3) is 17.4 Å². The maximum Gasteiger partial charge on any atom is 0.338 e. The van der Waals surface area contributed by atoms with Gasteiger partial charge in [0.15, 0.2) is 4.80 Å². The maximum absolute atomic E-state index is 13.8. The first-order valence-electron chi connectivity index (χ1n) is 12.4. The first-order chi connectivity index (χ1) is 19.2. The number of ether oxygens (including phenoxy) is 1. The fourth-order valence-electron chi connectivity index (χ4n) is 4.51. The highest BCUT2D eigenvalue weighted by atomic mass is 32.2. The van der Waals surface area contributed by atoms with E-state index in [-0.39, 0.29) is 17.4 Å². The lowest BCUT2D eigenvalue weighted by Crippen LogP contribution is -2.40. The lowest BCUT2D eigenvalue weighted by atomic mass is 9.96. The van der Waals surface area contributed by atoms with Gasteiger partial charge in [-0.3, -0.25) is 19.5 Å². The van der Waals surface area contributed by atoms with E-state index in [1.54, 1.807) is 68.9 Å². The average molecular weight is 576 g/mol. The van der Waals surface area contributed by atoms with E-state index in [1.165, 1.54) is 22.0 Å². The Hall–Kier alpha value is -4.22. The molecule has 1 aliphatic rings. The number of allylic oxidation sites excluding steroid dienone is 1. The minimum absolute atomic E-state index is 0.0773. The second-order valence-corrected chi connectivity index (χ2v) is 11.2. The van der Waals surface area contributed by atoms with Crippen molar-refractivity contribution in [2.75, 3.05) is 6.26 Å². The highest BCUT2D eigenvalue weighted by Gasteiger charge is 2.33. The molecule has 2 aromatic heterocycles. The number of hydrogen-bond donors (Lipinski definition) is 0. The predicted octanol–water partition coefficient (Wildman–Crippen LogP) is 5.08. The van der Waals surface area contributed by atoms with Gasteiger partial charge in [-0.2, -0.15) is 0 Å². The van der Waals surface area contributed by atoms with Crippen LogP contribution in [-0.2, 0) is 9.53 Å². The maximum atomic E-state index is 13.8. The van der Waals surface area contributed by atoms with Crippen LogP contribution in [0.3, 0.4) is 0 Å². The summed E-state index contributed by atoms with van der Waals surface area (Å²) in [4.78, 5) is 44.1. The Morgan fingerprint density at radius 1 is 1.18 bits per heavy atom. The Labute approximate surface area is 237 Å². The average Bonchev–Trinajstić information content (AvgIpc) is 3.51. The Bertz CT molecular complexity index is 1830. The van der Waals surface area contributed by atoms with Crippen molar-refractivity contribution in [3.8, 4) is 11.3 Å². The molecule has 0 saturated heterocycles. The first kappa shape index (κ1) is 27.4. The van der Waals surface area contributed by atoms with Gasteiger partial charge in [-0.05, 0) is 62.9 Å². The number of carbonyl (C=O) groups is 1. The highest BCUT2D eigenvalue weighted by molar-refractivity contribution is 7.98. The molecule has 0 spiro atoms. The van der Waals surface area contributed by atoms with Crippen molar-refractivity contribution in [1.29, 1.82) is 0 Å². The Kier molecular flexibility index (Phi) is 7.59. The molecule has 1 atom stereocenters. The molecule has 0 fully saturated rings. The van der Waals surface area contributed by atoms with E-state index in [0.29, 0.717) is 37.7 Å². The zero-order chi connectivity index (χ0) is 28.6. The Morgan fingerprint density at radius 2 is 1.90 bits per heavy atom. The topological polar surface area (TPSA) is 117 Å². The first-order valence-corrected chi connectivity index (χ1v) is 14.4. The Balaban J connectivity index is 1.63. The normalized spacial score (nSPS) is 15.2. The summed E-state index contributed by atoms with van der Waals surface area (Å²) in [6.07, 6.45) is 3.22. The van der Waals surface area contributed by atoms with Crippen molar-refractivity contribution >= 4 is 40.8 Å². The molecule has 11 heteroatoms. The van der Waals surface area contributed by atoms with E-state index in [4.69, 9.17) is 9.15 Å². The number of para-hydroxylation sites is 1. The molecule has 0 N–H and O–H groups in total. The van der Waals surface area contributed by atoms with Crippen LogP contribution in [-0.4, -0.2) is 27.8 Å². The molecule has 204 valence electrons. The summed E-state index contributed by atoms with van der Waals surface area (Å²) in [6.45, 7) is 5.28. The van der Waals surface area contributed by atoms with Crippen LogP contribution < -0.4 is 14.9 Å². The smallest absolute Gasteiger partial charge is 0.338 e. The van der Waals surface area contributed by atoms with Crippen molar-refractivity contribution in [2.45, 2.75) is 37.8 Å². The number of carbonyl (C=O) groups excluding carboxylic acids is 1. The van der Waals surface area contributed by atoms with Crippen LogP contribution in [0.2, 0.25) is 0 Å². The van der Waals surface area contributed by atoms with E-state index in [2.05, 4.69) is 4.99 Å². The van der Waals surface area contributed by atoms with Gasteiger partial charge in [-0.1, -0.05) is 35.6 Å². The van der Waals surface area contributed by atoms with E-state index in [9.17, 15) is 19.7 Å².